The predicted molar refractivity (Wildman–Crippen MR) is 66.7 cm³/mol. The van der Waals surface area contributed by atoms with Gasteiger partial charge in [-0.1, -0.05) is 24.4 Å². The number of hydrogen-bond donors (Lipinski definition) is 0. The second-order valence-electron chi connectivity index (χ2n) is 4.04. The Kier molecular flexibility index (Phi) is 3.74. The van der Waals surface area contributed by atoms with E-state index in [0.717, 1.165) is 30.0 Å². The minimum atomic E-state index is 0.331. The smallest absolute Gasteiger partial charge is 0.119 e. The Balaban J connectivity index is 1.79. The third kappa shape index (κ3) is 2.93. The first-order valence-corrected chi connectivity index (χ1v) is 6.06. The molecule has 0 N–H and O–H groups in total. The van der Waals surface area contributed by atoms with Gasteiger partial charge in [-0.3, -0.25) is 0 Å². The van der Waals surface area contributed by atoms with Gasteiger partial charge >= 0.3 is 0 Å². The van der Waals surface area contributed by atoms with Crippen LogP contribution < -0.4 is 4.74 Å². The molecule has 0 saturated heterocycles. The molecule has 0 amide bonds. The molecule has 1 aromatic carbocycles. The lowest BCUT2D eigenvalue weighted by Gasteiger charge is -2.32. The lowest BCUT2D eigenvalue weighted by Crippen LogP contribution is -2.32. The molecule has 0 atom stereocenters. The fraction of sp³-hybridized carbons (Fsp3) is 0.429. The van der Waals surface area contributed by atoms with Gasteiger partial charge in [0.2, 0.25) is 0 Å². The zero-order valence-corrected chi connectivity index (χ0v) is 10.1. The van der Waals surface area contributed by atoms with E-state index in [1.807, 2.05) is 24.3 Å². The second kappa shape index (κ2) is 5.27. The number of rotatable bonds is 2. The number of halogens is 1. The molecule has 1 aromatic rings. The van der Waals surface area contributed by atoms with Gasteiger partial charge in [0.1, 0.15) is 11.9 Å². The van der Waals surface area contributed by atoms with Gasteiger partial charge in [0.15, 0.2) is 0 Å². The topological polar surface area (TPSA) is 9.23 Å². The van der Waals surface area contributed by atoms with Crippen LogP contribution in [0, 0.1) is 17.8 Å². The van der Waals surface area contributed by atoms with Crippen molar-refractivity contribution in [2.75, 3.05) is 0 Å². The van der Waals surface area contributed by atoms with Crippen molar-refractivity contribution in [3.63, 3.8) is 0 Å². The van der Waals surface area contributed by atoms with Crippen LogP contribution in [0.5, 0.6) is 5.75 Å². The summed E-state index contributed by atoms with van der Waals surface area (Å²) < 4.78 is 5.79. The highest BCUT2D eigenvalue weighted by Crippen LogP contribution is 2.31. The lowest BCUT2D eigenvalue weighted by molar-refractivity contribution is 0.0902. The van der Waals surface area contributed by atoms with Crippen molar-refractivity contribution in [2.45, 2.75) is 32.3 Å². The molecule has 1 nitrogen and oxygen atoms in total. The molecule has 0 aliphatic heterocycles. The third-order valence-corrected chi connectivity index (χ3v) is 2.95. The van der Waals surface area contributed by atoms with Crippen LogP contribution in [0.4, 0.5) is 0 Å². The van der Waals surface area contributed by atoms with E-state index in [1.165, 1.54) is 0 Å². The molecule has 16 heavy (non-hydrogen) atoms. The quantitative estimate of drug-likeness (QED) is 0.705. The Hall–Kier alpha value is -1.13. The van der Waals surface area contributed by atoms with Crippen molar-refractivity contribution in [2.24, 2.45) is 5.92 Å². The van der Waals surface area contributed by atoms with Crippen LogP contribution in [0.15, 0.2) is 24.3 Å². The van der Waals surface area contributed by atoms with Gasteiger partial charge in [-0.2, -0.15) is 0 Å². The maximum atomic E-state index is 5.80. The predicted octanol–water partition coefficient (Wildman–Crippen LogP) is 3.91. The summed E-state index contributed by atoms with van der Waals surface area (Å²) >= 11 is 5.80. The standard InChI is InChI=1S/C14H15ClO/c1-2-3-4-11-9-14(10-11)16-13-7-5-12(15)6-8-13/h5-8,11,14H,2,9-10H2,1H3. The molecule has 0 radical (unpaired) electrons. The van der Waals surface area contributed by atoms with Crippen LogP contribution in [0.1, 0.15) is 26.2 Å². The van der Waals surface area contributed by atoms with E-state index in [0.29, 0.717) is 12.0 Å². The van der Waals surface area contributed by atoms with Crippen molar-refractivity contribution >= 4 is 11.6 Å². The maximum Gasteiger partial charge on any atom is 0.119 e. The van der Waals surface area contributed by atoms with Gasteiger partial charge in [0.05, 0.1) is 0 Å². The van der Waals surface area contributed by atoms with E-state index in [9.17, 15) is 0 Å². The van der Waals surface area contributed by atoms with Crippen molar-refractivity contribution in [3.05, 3.63) is 29.3 Å². The average Bonchev–Trinajstić information content (AvgIpc) is 2.24. The molecule has 2 heteroatoms. The normalized spacial score (nSPS) is 22.9. The zero-order valence-electron chi connectivity index (χ0n) is 9.37. The van der Waals surface area contributed by atoms with Crippen LogP contribution >= 0.6 is 11.6 Å². The molecule has 84 valence electrons. The Labute approximate surface area is 102 Å². The fourth-order valence-electron chi connectivity index (χ4n) is 1.73. The Morgan fingerprint density at radius 1 is 1.31 bits per heavy atom. The minimum Gasteiger partial charge on any atom is -0.490 e. The third-order valence-electron chi connectivity index (χ3n) is 2.69. The Morgan fingerprint density at radius 2 is 2.00 bits per heavy atom. The molecule has 0 aromatic heterocycles. The number of ether oxygens (including phenoxy) is 1. The molecule has 0 unspecified atom stereocenters. The van der Waals surface area contributed by atoms with E-state index in [4.69, 9.17) is 16.3 Å². The highest BCUT2D eigenvalue weighted by atomic mass is 35.5. The SMILES string of the molecule is CCC#CC1CC(Oc2ccc(Cl)cc2)C1. The van der Waals surface area contributed by atoms with E-state index < -0.39 is 0 Å². The molecular formula is C14H15ClO. The van der Waals surface area contributed by atoms with Gasteiger partial charge < -0.3 is 4.74 Å². The summed E-state index contributed by atoms with van der Waals surface area (Å²) in [7, 11) is 0. The van der Waals surface area contributed by atoms with E-state index in [1.54, 1.807) is 0 Å². The maximum absolute atomic E-state index is 5.80. The van der Waals surface area contributed by atoms with E-state index >= 15 is 0 Å². The largest absolute Gasteiger partial charge is 0.490 e. The van der Waals surface area contributed by atoms with Gasteiger partial charge in [-0.15, -0.1) is 5.92 Å². The summed E-state index contributed by atoms with van der Waals surface area (Å²) in [6.45, 7) is 2.08. The number of benzene rings is 1. The first kappa shape index (κ1) is 11.4. The van der Waals surface area contributed by atoms with Crippen molar-refractivity contribution in [1.82, 2.24) is 0 Å². The zero-order chi connectivity index (χ0) is 11.4. The van der Waals surface area contributed by atoms with Crippen LogP contribution in [0.25, 0.3) is 0 Å². The molecule has 1 fully saturated rings. The van der Waals surface area contributed by atoms with Gasteiger partial charge in [-0.25, -0.2) is 0 Å². The molecule has 0 bridgehead atoms. The van der Waals surface area contributed by atoms with Gasteiger partial charge in [0.25, 0.3) is 0 Å². The summed E-state index contributed by atoms with van der Waals surface area (Å²) in [5.74, 6) is 7.80. The second-order valence-corrected chi connectivity index (χ2v) is 4.47. The van der Waals surface area contributed by atoms with Crippen LogP contribution in [-0.2, 0) is 0 Å². The van der Waals surface area contributed by atoms with Crippen molar-refractivity contribution < 1.29 is 4.74 Å². The van der Waals surface area contributed by atoms with E-state index in [-0.39, 0.29) is 0 Å². The van der Waals surface area contributed by atoms with Crippen LogP contribution in [0.3, 0.4) is 0 Å². The summed E-state index contributed by atoms with van der Waals surface area (Å²) in [5.41, 5.74) is 0. The minimum absolute atomic E-state index is 0.331. The highest BCUT2D eigenvalue weighted by Gasteiger charge is 2.29. The summed E-state index contributed by atoms with van der Waals surface area (Å²) in [6, 6.07) is 7.52. The Morgan fingerprint density at radius 3 is 2.62 bits per heavy atom. The van der Waals surface area contributed by atoms with Gasteiger partial charge in [-0.05, 0) is 37.1 Å². The monoisotopic (exact) mass is 234 g/mol. The molecule has 1 saturated carbocycles. The molecule has 0 heterocycles. The molecular weight excluding hydrogens is 220 g/mol. The molecule has 1 aliphatic carbocycles. The number of hydrogen-bond acceptors (Lipinski definition) is 1. The van der Waals surface area contributed by atoms with E-state index in [2.05, 4.69) is 18.8 Å². The van der Waals surface area contributed by atoms with Crippen LogP contribution in [0.2, 0.25) is 5.02 Å². The van der Waals surface area contributed by atoms with Gasteiger partial charge in [0, 0.05) is 17.4 Å². The molecule has 1 aliphatic rings. The van der Waals surface area contributed by atoms with Crippen molar-refractivity contribution in [3.8, 4) is 17.6 Å². The van der Waals surface area contributed by atoms with Crippen LogP contribution in [-0.4, -0.2) is 6.10 Å². The summed E-state index contributed by atoms with van der Waals surface area (Å²) in [6.07, 6.45) is 3.38. The first-order valence-electron chi connectivity index (χ1n) is 5.68. The van der Waals surface area contributed by atoms with Crippen molar-refractivity contribution in [1.29, 1.82) is 0 Å². The Bertz CT molecular complexity index is 393. The molecule has 2 rings (SSSR count). The summed E-state index contributed by atoms with van der Waals surface area (Å²) in [5, 5.41) is 0.743. The fourth-order valence-corrected chi connectivity index (χ4v) is 1.86. The first-order chi connectivity index (χ1) is 7.78. The molecule has 0 spiro atoms. The average molecular weight is 235 g/mol. The highest BCUT2D eigenvalue weighted by molar-refractivity contribution is 6.30. The lowest BCUT2D eigenvalue weighted by atomic mass is 9.83. The summed E-state index contributed by atoms with van der Waals surface area (Å²) in [4.78, 5) is 0.